The number of benzene rings is 2. The zero-order valence-electron chi connectivity index (χ0n) is 12.8. The number of amidine groups is 1. The number of hydrogen-bond acceptors (Lipinski definition) is 5. The van der Waals surface area contributed by atoms with Crippen molar-refractivity contribution in [2.45, 2.75) is 17.7 Å². The van der Waals surface area contributed by atoms with Crippen LogP contribution in [0.15, 0.2) is 58.4 Å². The number of nitro groups is 1. The lowest BCUT2D eigenvalue weighted by atomic mass is 10.0. The predicted molar refractivity (Wildman–Crippen MR) is 89.7 cm³/mol. The molecule has 0 saturated carbocycles. The maximum Gasteiger partial charge on any atom is 0.270 e. The van der Waals surface area contributed by atoms with Crippen molar-refractivity contribution >= 4 is 21.5 Å². The van der Waals surface area contributed by atoms with E-state index >= 15 is 0 Å². The van der Waals surface area contributed by atoms with Gasteiger partial charge in [-0.05, 0) is 11.6 Å². The molecule has 3 rings (SSSR count). The Balaban J connectivity index is 1.91. The molecule has 0 aliphatic carbocycles. The first kappa shape index (κ1) is 16.1. The van der Waals surface area contributed by atoms with Gasteiger partial charge in [0.25, 0.3) is 15.7 Å². The summed E-state index contributed by atoms with van der Waals surface area (Å²) in [6.07, 6.45) is 0. The second-order valence-electron chi connectivity index (χ2n) is 5.54. The summed E-state index contributed by atoms with van der Waals surface area (Å²) in [4.78, 5) is 14.5. The first-order chi connectivity index (χ1) is 11.4. The Morgan fingerprint density at radius 3 is 2.58 bits per heavy atom. The maximum atomic E-state index is 12.1. The molecule has 0 fully saturated rings. The summed E-state index contributed by atoms with van der Waals surface area (Å²) in [5, 5.41) is 10.8. The molecule has 0 radical (unpaired) electrons. The number of aliphatic imine (C=N–C) groups is 1. The minimum atomic E-state index is -3.81. The molecule has 1 heterocycles. The van der Waals surface area contributed by atoms with Crippen molar-refractivity contribution in [1.82, 2.24) is 4.72 Å². The molecule has 0 spiro atoms. The summed E-state index contributed by atoms with van der Waals surface area (Å²) in [5.74, 6) is 0.341. The fraction of sp³-hybridized carbons (Fsp3) is 0.188. The average molecular weight is 345 g/mol. The molecule has 0 unspecified atom stereocenters. The number of nitrogens with one attached hydrogen (secondary N) is 1. The quantitative estimate of drug-likeness (QED) is 0.679. The van der Waals surface area contributed by atoms with Gasteiger partial charge in [0.2, 0.25) is 0 Å². The van der Waals surface area contributed by atoms with Gasteiger partial charge in [0.05, 0.1) is 4.92 Å². The zero-order valence-corrected chi connectivity index (χ0v) is 13.7. The Kier molecular flexibility index (Phi) is 4.06. The van der Waals surface area contributed by atoms with Crippen molar-refractivity contribution in [3.05, 3.63) is 69.8 Å². The molecule has 8 heteroatoms. The highest BCUT2D eigenvalue weighted by molar-refractivity contribution is 7.90. The van der Waals surface area contributed by atoms with Crippen LogP contribution in [0.2, 0.25) is 0 Å². The Morgan fingerprint density at radius 1 is 1.21 bits per heavy atom. The summed E-state index contributed by atoms with van der Waals surface area (Å²) >= 11 is 0. The van der Waals surface area contributed by atoms with Gasteiger partial charge in [-0.25, -0.2) is 8.42 Å². The first-order valence-electron chi connectivity index (χ1n) is 7.29. The van der Waals surface area contributed by atoms with Crippen LogP contribution in [0.1, 0.15) is 24.0 Å². The van der Waals surface area contributed by atoms with Gasteiger partial charge in [0.15, 0.2) is 0 Å². The molecule has 0 amide bonds. The van der Waals surface area contributed by atoms with E-state index < -0.39 is 14.9 Å². The van der Waals surface area contributed by atoms with Gasteiger partial charge in [0.1, 0.15) is 10.7 Å². The molecule has 0 aromatic heterocycles. The van der Waals surface area contributed by atoms with Crippen LogP contribution >= 0.6 is 0 Å². The monoisotopic (exact) mass is 345 g/mol. The van der Waals surface area contributed by atoms with Crippen molar-refractivity contribution in [2.24, 2.45) is 4.99 Å². The van der Waals surface area contributed by atoms with Crippen molar-refractivity contribution in [2.75, 3.05) is 6.54 Å². The van der Waals surface area contributed by atoms with Gasteiger partial charge in [-0.15, -0.1) is 0 Å². The number of nitro benzene ring substituents is 1. The molecule has 0 saturated heterocycles. The largest absolute Gasteiger partial charge is 0.270 e. The third-order valence-electron chi connectivity index (χ3n) is 3.84. The Labute approximate surface area is 139 Å². The second-order valence-corrected chi connectivity index (χ2v) is 7.19. The third-order valence-corrected chi connectivity index (χ3v) is 5.22. The lowest BCUT2D eigenvalue weighted by Gasteiger charge is -2.09. The van der Waals surface area contributed by atoms with E-state index in [1.807, 2.05) is 37.3 Å². The van der Waals surface area contributed by atoms with E-state index in [4.69, 9.17) is 0 Å². The van der Waals surface area contributed by atoms with E-state index in [1.54, 1.807) is 0 Å². The number of rotatable bonds is 4. The lowest BCUT2D eigenvalue weighted by molar-refractivity contribution is -0.385. The van der Waals surface area contributed by atoms with E-state index in [0.29, 0.717) is 12.1 Å². The number of fused-ring (bicyclic) bond motifs is 1. The van der Waals surface area contributed by atoms with Crippen LogP contribution in [0, 0.1) is 10.1 Å². The second kappa shape index (κ2) is 6.04. The lowest BCUT2D eigenvalue weighted by Crippen LogP contribution is -2.22. The molecular weight excluding hydrogens is 330 g/mol. The minimum absolute atomic E-state index is 0.109. The predicted octanol–water partition coefficient (Wildman–Crippen LogP) is 2.44. The minimum Gasteiger partial charge on any atom is -0.267 e. The van der Waals surface area contributed by atoms with E-state index in [9.17, 15) is 18.5 Å². The van der Waals surface area contributed by atoms with Crippen molar-refractivity contribution in [3.63, 3.8) is 0 Å². The molecular formula is C16H15N3O4S. The fourth-order valence-corrected chi connectivity index (χ4v) is 3.78. The van der Waals surface area contributed by atoms with E-state index in [2.05, 4.69) is 9.71 Å². The zero-order chi connectivity index (χ0) is 17.3. The van der Waals surface area contributed by atoms with E-state index in [0.717, 1.165) is 11.6 Å². The molecule has 1 N–H and O–H groups in total. The highest BCUT2D eigenvalue weighted by Crippen LogP contribution is 2.27. The van der Waals surface area contributed by atoms with Crippen LogP contribution in [-0.4, -0.2) is 25.7 Å². The van der Waals surface area contributed by atoms with Crippen molar-refractivity contribution in [1.29, 1.82) is 0 Å². The van der Waals surface area contributed by atoms with E-state index in [1.165, 1.54) is 12.1 Å². The number of hydrogen-bond donors (Lipinski definition) is 1. The normalized spacial score (nSPS) is 18.0. The Hall–Kier alpha value is -2.74. The summed E-state index contributed by atoms with van der Waals surface area (Å²) in [5.41, 5.74) is 1.20. The average Bonchev–Trinajstić information content (AvgIpc) is 2.83. The SMILES string of the molecule is C[C@@H](CN=C1NS(=O)(=O)c2cc([N+](=O)[O-])ccc21)c1ccccc1. The molecule has 1 aliphatic rings. The third kappa shape index (κ3) is 3.00. The molecule has 2 aromatic carbocycles. The highest BCUT2D eigenvalue weighted by Gasteiger charge is 2.32. The van der Waals surface area contributed by atoms with Crippen LogP contribution in [0.3, 0.4) is 0 Å². The summed E-state index contributed by atoms with van der Waals surface area (Å²) < 4.78 is 26.6. The van der Waals surface area contributed by atoms with Crippen LogP contribution in [0.4, 0.5) is 5.69 Å². The Morgan fingerprint density at radius 2 is 1.92 bits per heavy atom. The highest BCUT2D eigenvalue weighted by atomic mass is 32.2. The summed E-state index contributed by atoms with van der Waals surface area (Å²) in [6.45, 7) is 2.40. The van der Waals surface area contributed by atoms with Crippen LogP contribution < -0.4 is 4.72 Å². The van der Waals surface area contributed by atoms with Crippen molar-refractivity contribution in [3.8, 4) is 0 Å². The van der Waals surface area contributed by atoms with Gasteiger partial charge in [-0.2, -0.15) is 0 Å². The molecule has 1 aliphatic heterocycles. The molecule has 124 valence electrons. The Bertz CT molecular complexity index is 924. The van der Waals surface area contributed by atoms with Crippen LogP contribution in [0.5, 0.6) is 0 Å². The van der Waals surface area contributed by atoms with Gasteiger partial charge < -0.3 is 0 Å². The number of nitrogens with zero attached hydrogens (tertiary/aromatic N) is 2. The summed E-state index contributed by atoms with van der Waals surface area (Å²) in [6, 6.07) is 13.5. The molecule has 24 heavy (non-hydrogen) atoms. The fourth-order valence-electron chi connectivity index (χ4n) is 2.51. The van der Waals surface area contributed by atoms with Gasteiger partial charge in [-0.3, -0.25) is 19.8 Å². The smallest absolute Gasteiger partial charge is 0.267 e. The first-order valence-corrected chi connectivity index (χ1v) is 8.78. The van der Waals surface area contributed by atoms with Crippen LogP contribution in [-0.2, 0) is 10.0 Å². The van der Waals surface area contributed by atoms with Gasteiger partial charge >= 0.3 is 0 Å². The van der Waals surface area contributed by atoms with Crippen molar-refractivity contribution < 1.29 is 13.3 Å². The number of non-ortho nitro benzene ring substituents is 1. The van der Waals surface area contributed by atoms with Gasteiger partial charge in [0, 0.05) is 30.2 Å². The topological polar surface area (TPSA) is 102 Å². The van der Waals surface area contributed by atoms with E-state index in [-0.39, 0.29) is 22.3 Å². The standard InChI is InChI=1S/C16H15N3O4S/c1-11(12-5-3-2-4-6-12)10-17-16-14-8-7-13(19(20)21)9-15(14)24(22,23)18-16/h2-9,11H,10H2,1H3,(H,17,18)/t11-/m0/s1. The molecule has 1 atom stereocenters. The van der Waals surface area contributed by atoms with Crippen LogP contribution in [0.25, 0.3) is 0 Å². The molecule has 7 nitrogen and oxygen atoms in total. The molecule has 0 bridgehead atoms. The number of sulfonamides is 1. The summed E-state index contributed by atoms with van der Waals surface area (Å²) in [7, 11) is -3.81. The van der Waals surface area contributed by atoms with Gasteiger partial charge in [-0.1, -0.05) is 37.3 Å². The molecule has 2 aromatic rings. The maximum absolute atomic E-state index is 12.1.